The van der Waals surface area contributed by atoms with Crippen molar-refractivity contribution >= 4 is 11.6 Å². The second-order valence-corrected chi connectivity index (χ2v) is 6.27. The molecule has 1 heterocycles. The van der Waals surface area contributed by atoms with Crippen LogP contribution in [-0.2, 0) is 0 Å². The molecule has 0 aromatic heterocycles. The third kappa shape index (κ3) is 3.24. The first-order valence-corrected chi connectivity index (χ1v) is 7.83. The molecule has 19 heavy (non-hydrogen) atoms. The van der Waals surface area contributed by atoms with Gasteiger partial charge in [-0.1, -0.05) is 24.4 Å². The van der Waals surface area contributed by atoms with E-state index in [0.29, 0.717) is 12.0 Å². The summed E-state index contributed by atoms with van der Waals surface area (Å²) >= 11 is 5.94. The fraction of sp³-hybridized carbons (Fsp3) is 0.625. The summed E-state index contributed by atoms with van der Waals surface area (Å²) in [6.07, 6.45) is 7.01. The minimum Gasteiger partial charge on any atom is -0.490 e. The van der Waals surface area contributed by atoms with E-state index >= 15 is 0 Å². The van der Waals surface area contributed by atoms with Gasteiger partial charge >= 0.3 is 0 Å². The van der Waals surface area contributed by atoms with Gasteiger partial charge in [0.2, 0.25) is 0 Å². The van der Waals surface area contributed by atoms with Gasteiger partial charge in [0.05, 0.1) is 0 Å². The summed E-state index contributed by atoms with van der Waals surface area (Å²) in [5.74, 6) is 2.37. The van der Waals surface area contributed by atoms with E-state index in [4.69, 9.17) is 16.3 Å². The van der Waals surface area contributed by atoms with E-state index in [-0.39, 0.29) is 0 Å². The third-order valence-corrected chi connectivity index (χ3v) is 4.77. The molecule has 2 aliphatic rings. The first-order chi connectivity index (χ1) is 9.33. The summed E-state index contributed by atoms with van der Waals surface area (Å²) in [4.78, 5) is 0. The molecule has 2 atom stereocenters. The van der Waals surface area contributed by atoms with Crippen molar-refractivity contribution in [3.8, 4) is 5.75 Å². The van der Waals surface area contributed by atoms with Gasteiger partial charge in [-0.05, 0) is 56.0 Å². The number of halogens is 1. The Labute approximate surface area is 120 Å². The van der Waals surface area contributed by atoms with E-state index in [2.05, 4.69) is 5.32 Å². The standard InChI is InChI=1S/C16H22ClNO/c17-14-5-7-15(8-6-14)19-16(12-3-1-2-4-12)13-9-10-18-11-13/h5-8,12-13,16,18H,1-4,9-11H2. The summed E-state index contributed by atoms with van der Waals surface area (Å²) in [5.41, 5.74) is 0. The monoisotopic (exact) mass is 279 g/mol. The molecule has 0 amide bonds. The van der Waals surface area contributed by atoms with Crippen LogP contribution >= 0.6 is 11.6 Å². The van der Waals surface area contributed by atoms with Gasteiger partial charge in [-0.15, -0.1) is 0 Å². The second kappa shape index (κ2) is 6.15. The highest BCUT2D eigenvalue weighted by Crippen LogP contribution is 2.35. The number of benzene rings is 1. The molecule has 1 aromatic carbocycles. The number of hydrogen-bond acceptors (Lipinski definition) is 2. The molecule has 1 aromatic rings. The van der Waals surface area contributed by atoms with E-state index in [1.807, 2.05) is 24.3 Å². The van der Waals surface area contributed by atoms with Crippen molar-refractivity contribution in [2.45, 2.75) is 38.2 Å². The van der Waals surface area contributed by atoms with E-state index < -0.39 is 0 Å². The average molecular weight is 280 g/mol. The fourth-order valence-electron chi connectivity index (χ4n) is 3.49. The summed E-state index contributed by atoms with van der Waals surface area (Å²) in [5, 5.41) is 4.24. The zero-order chi connectivity index (χ0) is 13.1. The molecule has 3 rings (SSSR count). The normalized spacial score (nSPS) is 25.6. The van der Waals surface area contributed by atoms with Gasteiger partial charge in [-0.25, -0.2) is 0 Å². The maximum absolute atomic E-state index is 6.34. The molecule has 2 nitrogen and oxygen atoms in total. The highest BCUT2D eigenvalue weighted by molar-refractivity contribution is 6.30. The van der Waals surface area contributed by atoms with Crippen molar-refractivity contribution in [1.82, 2.24) is 5.32 Å². The quantitative estimate of drug-likeness (QED) is 0.903. The Balaban J connectivity index is 1.72. The highest BCUT2D eigenvalue weighted by Gasteiger charge is 2.34. The Morgan fingerprint density at radius 3 is 2.42 bits per heavy atom. The van der Waals surface area contributed by atoms with Crippen LogP contribution in [0.3, 0.4) is 0 Å². The van der Waals surface area contributed by atoms with Crippen LogP contribution in [0.5, 0.6) is 5.75 Å². The first-order valence-electron chi connectivity index (χ1n) is 7.46. The Morgan fingerprint density at radius 1 is 1.05 bits per heavy atom. The summed E-state index contributed by atoms with van der Waals surface area (Å²) in [7, 11) is 0. The average Bonchev–Trinajstić information content (AvgIpc) is 3.11. The zero-order valence-electron chi connectivity index (χ0n) is 11.3. The molecule has 104 valence electrons. The SMILES string of the molecule is Clc1ccc(OC(C2CCCC2)C2CCNC2)cc1. The van der Waals surface area contributed by atoms with Gasteiger partial charge in [-0.3, -0.25) is 0 Å². The topological polar surface area (TPSA) is 21.3 Å². The van der Waals surface area contributed by atoms with Crippen LogP contribution in [0.4, 0.5) is 0 Å². The van der Waals surface area contributed by atoms with Gasteiger partial charge in [-0.2, -0.15) is 0 Å². The molecule has 1 saturated heterocycles. The zero-order valence-corrected chi connectivity index (χ0v) is 12.0. The molecular weight excluding hydrogens is 258 g/mol. The number of nitrogens with one attached hydrogen (secondary N) is 1. The van der Waals surface area contributed by atoms with Crippen LogP contribution in [0.25, 0.3) is 0 Å². The largest absolute Gasteiger partial charge is 0.490 e. The van der Waals surface area contributed by atoms with Crippen LogP contribution in [0.2, 0.25) is 5.02 Å². The van der Waals surface area contributed by atoms with Crippen LogP contribution in [0.1, 0.15) is 32.1 Å². The number of hydrogen-bond donors (Lipinski definition) is 1. The van der Waals surface area contributed by atoms with Crippen molar-refractivity contribution in [3.63, 3.8) is 0 Å². The maximum atomic E-state index is 6.34. The summed E-state index contributed by atoms with van der Waals surface area (Å²) < 4.78 is 6.34. The van der Waals surface area contributed by atoms with E-state index in [0.717, 1.165) is 29.8 Å². The molecule has 3 heteroatoms. The highest BCUT2D eigenvalue weighted by atomic mass is 35.5. The minimum absolute atomic E-state index is 0.374. The molecule has 2 unspecified atom stereocenters. The van der Waals surface area contributed by atoms with E-state index in [1.165, 1.54) is 32.1 Å². The van der Waals surface area contributed by atoms with E-state index in [9.17, 15) is 0 Å². The van der Waals surface area contributed by atoms with Crippen LogP contribution in [0.15, 0.2) is 24.3 Å². The maximum Gasteiger partial charge on any atom is 0.119 e. The Bertz CT molecular complexity index is 378. The lowest BCUT2D eigenvalue weighted by Gasteiger charge is -2.29. The van der Waals surface area contributed by atoms with Crippen molar-refractivity contribution in [2.24, 2.45) is 11.8 Å². The van der Waals surface area contributed by atoms with Crippen molar-refractivity contribution < 1.29 is 4.74 Å². The van der Waals surface area contributed by atoms with Gasteiger partial charge in [0, 0.05) is 17.5 Å². The minimum atomic E-state index is 0.374. The number of rotatable bonds is 4. The lowest BCUT2D eigenvalue weighted by Crippen LogP contribution is -2.35. The predicted octanol–water partition coefficient (Wildman–Crippen LogP) is 3.89. The Kier molecular flexibility index (Phi) is 4.29. The second-order valence-electron chi connectivity index (χ2n) is 5.83. The van der Waals surface area contributed by atoms with Crippen LogP contribution < -0.4 is 10.1 Å². The van der Waals surface area contributed by atoms with Crippen molar-refractivity contribution in [2.75, 3.05) is 13.1 Å². The third-order valence-electron chi connectivity index (χ3n) is 4.51. The fourth-order valence-corrected chi connectivity index (χ4v) is 3.62. The van der Waals surface area contributed by atoms with Gasteiger partial charge in [0.1, 0.15) is 11.9 Å². The predicted molar refractivity (Wildman–Crippen MR) is 78.8 cm³/mol. The molecule has 0 bridgehead atoms. The molecule has 0 spiro atoms. The van der Waals surface area contributed by atoms with Crippen molar-refractivity contribution in [1.29, 1.82) is 0 Å². The lowest BCUT2D eigenvalue weighted by atomic mass is 9.89. The van der Waals surface area contributed by atoms with Crippen LogP contribution in [0, 0.1) is 11.8 Å². The van der Waals surface area contributed by atoms with E-state index in [1.54, 1.807) is 0 Å². The van der Waals surface area contributed by atoms with Gasteiger partial charge < -0.3 is 10.1 Å². The lowest BCUT2D eigenvalue weighted by molar-refractivity contribution is 0.0843. The first kappa shape index (κ1) is 13.3. The van der Waals surface area contributed by atoms with Crippen LogP contribution in [-0.4, -0.2) is 19.2 Å². The molecule has 1 aliphatic carbocycles. The van der Waals surface area contributed by atoms with Gasteiger partial charge in [0.25, 0.3) is 0 Å². The summed E-state index contributed by atoms with van der Waals surface area (Å²) in [6, 6.07) is 7.81. The summed E-state index contributed by atoms with van der Waals surface area (Å²) in [6.45, 7) is 2.24. The molecule has 1 saturated carbocycles. The molecule has 2 fully saturated rings. The smallest absolute Gasteiger partial charge is 0.119 e. The molecular formula is C16H22ClNO. The Hall–Kier alpha value is -0.730. The van der Waals surface area contributed by atoms with Crippen molar-refractivity contribution in [3.05, 3.63) is 29.3 Å². The molecule has 0 radical (unpaired) electrons. The Morgan fingerprint density at radius 2 is 1.79 bits per heavy atom. The van der Waals surface area contributed by atoms with Gasteiger partial charge in [0.15, 0.2) is 0 Å². The number of ether oxygens (including phenoxy) is 1. The molecule has 1 N–H and O–H groups in total. The molecule has 1 aliphatic heterocycles.